The van der Waals surface area contributed by atoms with Gasteiger partial charge in [-0.15, -0.1) is 0 Å². The molecule has 0 amide bonds. The van der Waals surface area contributed by atoms with E-state index in [9.17, 15) is 0 Å². The highest BCUT2D eigenvalue weighted by Gasteiger charge is 2.37. The monoisotopic (exact) mass is 703 g/mol. The number of furan rings is 1. The number of benzene rings is 9. The molecule has 1 aliphatic rings. The molecule has 1 aromatic heterocycles. The molecule has 0 saturated heterocycles. The van der Waals surface area contributed by atoms with E-state index in [0.29, 0.717) is 0 Å². The van der Waals surface area contributed by atoms with Crippen molar-refractivity contribution in [3.8, 4) is 33.4 Å². The van der Waals surface area contributed by atoms with Crippen LogP contribution in [0.25, 0.3) is 76.9 Å². The molecule has 0 spiro atoms. The van der Waals surface area contributed by atoms with Crippen molar-refractivity contribution in [1.82, 2.24) is 0 Å². The summed E-state index contributed by atoms with van der Waals surface area (Å²) in [4.78, 5) is 2.39. The van der Waals surface area contributed by atoms with E-state index >= 15 is 0 Å². The SMILES string of the molecule is CC1(C)c2ccc(N(c3ccccc3)c3ccc(-c4cc5c6cccc(-c7ccccc7)c6oc5c5ccccc45)cc3)cc2-c2c1ccc1ccccc21. The lowest BCUT2D eigenvalue weighted by atomic mass is 9.82. The third-order valence-electron chi connectivity index (χ3n) is 11.8. The first kappa shape index (κ1) is 31.6. The number of hydrogen-bond donors (Lipinski definition) is 0. The molecular weight excluding hydrogens is 667 g/mol. The third kappa shape index (κ3) is 4.81. The Morgan fingerprint density at radius 1 is 0.382 bits per heavy atom. The highest BCUT2D eigenvalue weighted by Crippen LogP contribution is 2.53. The van der Waals surface area contributed by atoms with E-state index in [1.165, 1.54) is 49.5 Å². The summed E-state index contributed by atoms with van der Waals surface area (Å²) in [5, 5.41) is 7.14. The Labute approximate surface area is 320 Å². The number of para-hydroxylation sites is 2. The number of fused-ring (bicyclic) bond motifs is 10. The van der Waals surface area contributed by atoms with Crippen molar-refractivity contribution in [2.45, 2.75) is 19.3 Å². The van der Waals surface area contributed by atoms with Crippen molar-refractivity contribution >= 4 is 60.5 Å². The maximum Gasteiger partial charge on any atom is 0.143 e. The minimum atomic E-state index is -0.0836. The van der Waals surface area contributed by atoms with Crippen molar-refractivity contribution in [2.75, 3.05) is 4.90 Å². The van der Waals surface area contributed by atoms with Gasteiger partial charge in [0.15, 0.2) is 0 Å². The highest BCUT2D eigenvalue weighted by molar-refractivity contribution is 6.20. The van der Waals surface area contributed by atoms with Crippen LogP contribution in [0, 0.1) is 0 Å². The standard InChI is InChI=1S/C53H37NO/c1-53(2)48-31-29-39(32-47(48)50-40-19-10-9-16-35(40)26-30-49(50)53)54(37-17-7-4-8-18-37)38-27-24-36(25-28-38)45-33-46-44-23-13-22-41(34-14-5-3-6-15-34)51(44)55-52(46)43-21-12-11-20-42(43)45/h3-33H,1-2H3. The number of rotatable bonds is 5. The molecular formula is C53H37NO. The molecule has 1 heterocycles. The molecule has 0 unspecified atom stereocenters. The van der Waals surface area contributed by atoms with Crippen LogP contribution in [0.15, 0.2) is 192 Å². The minimum Gasteiger partial charge on any atom is -0.455 e. The number of hydrogen-bond acceptors (Lipinski definition) is 2. The molecule has 1 aliphatic carbocycles. The van der Waals surface area contributed by atoms with E-state index in [-0.39, 0.29) is 5.41 Å². The van der Waals surface area contributed by atoms with Crippen LogP contribution in [0.3, 0.4) is 0 Å². The fourth-order valence-electron chi connectivity index (χ4n) is 9.17. The second-order valence-electron chi connectivity index (χ2n) is 15.3. The number of nitrogens with zero attached hydrogens (tertiary/aromatic N) is 1. The zero-order valence-electron chi connectivity index (χ0n) is 30.8. The average molecular weight is 704 g/mol. The Balaban J connectivity index is 1.06. The van der Waals surface area contributed by atoms with E-state index in [1.54, 1.807) is 0 Å². The minimum absolute atomic E-state index is 0.0836. The van der Waals surface area contributed by atoms with Gasteiger partial charge in [0.2, 0.25) is 0 Å². The fraction of sp³-hybridized carbons (Fsp3) is 0.0566. The number of anilines is 3. The van der Waals surface area contributed by atoms with Crippen molar-refractivity contribution in [1.29, 1.82) is 0 Å². The molecule has 0 N–H and O–H groups in total. The quantitative estimate of drug-likeness (QED) is 0.177. The van der Waals surface area contributed by atoms with E-state index < -0.39 is 0 Å². The van der Waals surface area contributed by atoms with Crippen LogP contribution >= 0.6 is 0 Å². The molecule has 9 aromatic carbocycles. The summed E-state index contributed by atoms with van der Waals surface area (Å²) < 4.78 is 6.77. The first-order valence-corrected chi connectivity index (χ1v) is 19.1. The molecule has 0 saturated carbocycles. The maximum absolute atomic E-state index is 6.77. The van der Waals surface area contributed by atoms with Crippen LogP contribution in [-0.4, -0.2) is 0 Å². The Morgan fingerprint density at radius 2 is 0.982 bits per heavy atom. The zero-order chi connectivity index (χ0) is 36.7. The summed E-state index contributed by atoms with van der Waals surface area (Å²) in [6, 6.07) is 68.2. The van der Waals surface area contributed by atoms with Crippen molar-refractivity contribution in [2.24, 2.45) is 0 Å². The average Bonchev–Trinajstić information content (AvgIpc) is 3.73. The van der Waals surface area contributed by atoms with Gasteiger partial charge in [-0.2, -0.15) is 0 Å². The van der Waals surface area contributed by atoms with E-state index in [1.807, 2.05) is 0 Å². The van der Waals surface area contributed by atoms with E-state index in [0.717, 1.165) is 55.5 Å². The lowest BCUT2D eigenvalue weighted by Crippen LogP contribution is -2.15. The second kappa shape index (κ2) is 12.1. The van der Waals surface area contributed by atoms with E-state index in [4.69, 9.17) is 4.42 Å². The largest absolute Gasteiger partial charge is 0.455 e. The van der Waals surface area contributed by atoms with Crippen LogP contribution in [0.2, 0.25) is 0 Å². The molecule has 0 radical (unpaired) electrons. The first-order valence-electron chi connectivity index (χ1n) is 19.1. The summed E-state index contributed by atoms with van der Waals surface area (Å²) in [7, 11) is 0. The van der Waals surface area contributed by atoms with Gasteiger partial charge in [0.25, 0.3) is 0 Å². The summed E-state index contributed by atoms with van der Waals surface area (Å²) in [6.07, 6.45) is 0. The molecule has 55 heavy (non-hydrogen) atoms. The van der Waals surface area contributed by atoms with Crippen LogP contribution < -0.4 is 4.90 Å². The molecule has 2 heteroatoms. The van der Waals surface area contributed by atoms with Gasteiger partial charge in [-0.05, 0) is 97.6 Å². The second-order valence-corrected chi connectivity index (χ2v) is 15.3. The van der Waals surface area contributed by atoms with Crippen LogP contribution in [0.4, 0.5) is 17.1 Å². The molecule has 2 nitrogen and oxygen atoms in total. The molecule has 0 fully saturated rings. The van der Waals surface area contributed by atoms with Gasteiger partial charge >= 0.3 is 0 Å². The lowest BCUT2D eigenvalue weighted by Gasteiger charge is -2.27. The summed E-state index contributed by atoms with van der Waals surface area (Å²) in [5.41, 5.74) is 15.2. The van der Waals surface area contributed by atoms with Crippen LogP contribution in [0.1, 0.15) is 25.0 Å². The summed E-state index contributed by atoms with van der Waals surface area (Å²) in [6.45, 7) is 4.71. The predicted octanol–water partition coefficient (Wildman–Crippen LogP) is 15.0. The normalized spacial score (nSPS) is 13.1. The van der Waals surface area contributed by atoms with Crippen molar-refractivity contribution in [3.63, 3.8) is 0 Å². The Kier molecular flexibility index (Phi) is 6.93. The van der Waals surface area contributed by atoms with Crippen LogP contribution in [0.5, 0.6) is 0 Å². The van der Waals surface area contributed by atoms with E-state index in [2.05, 4.69) is 207 Å². The topological polar surface area (TPSA) is 16.4 Å². The van der Waals surface area contributed by atoms with Crippen molar-refractivity contribution in [3.05, 3.63) is 199 Å². The van der Waals surface area contributed by atoms with Gasteiger partial charge in [0, 0.05) is 44.2 Å². The van der Waals surface area contributed by atoms with Crippen LogP contribution in [-0.2, 0) is 5.41 Å². The van der Waals surface area contributed by atoms with Gasteiger partial charge in [-0.1, -0.05) is 159 Å². The molecule has 11 rings (SSSR count). The Bertz CT molecular complexity index is 3100. The van der Waals surface area contributed by atoms with Crippen molar-refractivity contribution < 1.29 is 4.42 Å². The Morgan fingerprint density at radius 3 is 1.78 bits per heavy atom. The lowest BCUT2D eigenvalue weighted by molar-refractivity contribution is 0.661. The van der Waals surface area contributed by atoms with Gasteiger partial charge < -0.3 is 9.32 Å². The highest BCUT2D eigenvalue weighted by atomic mass is 16.3. The molecule has 0 atom stereocenters. The van der Waals surface area contributed by atoms with Gasteiger partial charge in [-0.25, -0.2) is 0 Å². The molecule has 10 aromatic rings. The fourth-order valence-corrected chi connectivity index (χ4v) is 9.17. The maximum atomic E-state index is 6.77. The van der Waals surface area contributed by atoms with Gasteiger partial charge in [0.05, 0.1) is 0 Å². The smallest absolute Gasteiger partial charge is 0.143 e. The summed E-state index contributed by atoms with van der Waals surface area (Å²) in [5.74, 6) is 0. The van der Waals surface area contributed by atoms with Gasteiger partial charge in [0.1, 0.15) is 11.2 Å². The third-order valence-corrected chi connectivity index (χ3v) is 11.8. The molecule has 0 bridgehead atoms. The molecule has 260 valence electrons. The van der Waals surface area contributed by atoms with Gasteiger partial charge in [-0.3, -0.25) is 0 Å². The summed E-state index contributed by atoms with van der Waals surface area (Å²) >= 11 is 0. The molecule has 0 aliphatic heterocycles. The predicted molar refractivity (Wildman–Crippen MR) is 232 cm³/mol. The first-order chi connectivity index (χ1) is 27.0. The zero-order valence-corrected chi connectivity index (χ0v) is 30.8. The Hall–Kier alpha value is -6.90.